The van der Waals surface area contributed by atoms with Gasteiger partial charge in [-0.05, 0) is 49.4 Å². The lowest BCUT2D eigenvalue weighted by Gasteiger charge is -2.13. The van der Waals surface area contributed by atoms with E-state index in [1.165, 1.54) is 19.1 Å². The van der Waals surface area contributed by atoms with Crippen LogP contribution in [-0.4, -0.2) is 24.0 Å². The lowest BCUT2D eigenvalue weighted by atomic mass is 10.0. The van der Waals surface area contributed by atoms with Crippen LogP contribution in [0.15, 0.2) is 77.6 Å². The first-order valence-corrected chi connectivity index (χ1v) is 11.5. The molecule has 0 spiro atoms. The monoisotopic (exact) mass is 473 g/mol. The van der Waals surface area contributed by atoms with Crippen LogP contribution in [0.25, 0.3) is 27.7 Å². The maximum absolute atomic E-state index is 13.1. The minimum Gasteiger partial charge on any atom is -0.284 e. The molecule has 0 fully saturated rings. The molecule has 0 unspecified atom stereocenters. The molecule has 170 valence electrons. The van der Waals surface area contributed by atoms with Gasteiger partial charge < -0.3 is 0 Å². The summed E-state index contributed by atoms with van der Waals surface area (Å²) in [6.07, 6.45) is -4.50. The highest BCUT2D eigenvalue weighted by Gasteiger charge is 2.30. The fourth-order valence-electron chi connectivity index (χ4n) is 3.35. The van der Waals surface area contributed by atoms with Crippen LogP contribution in [0.1, 0.15) is 12.5 Å². The quantitative estimate of drug-likeness (QED) is 0.450. The highest BCUT2D eigenvalue weighted by Crippen LogP contribution is 2.30. The Labute approximate surface area is 187 Å². The average Bonchev–Trinajstić information content (AvgIpc) is 2.79. The third-order valence-electron chi connectivity index (χ3n) is 5.03. The molecule has 6 nitrogen and oxygen atoms in total. The van der Waals surface area contributed by atoms with Crippen molar-refractivity contribution in [2.45, 2.75) is 13.1 Å². The van der Waals surface area contributed by atoms with E-state index in [0.717, 1.165) is 16.8 Å². The summed E-state index contributed by atoms with van der Waals surface area (Å²) in [5.74, 6) is -0.1000. The van der Waals surface area contributed by atoms with Crippen LogP contribution in [0.2, 0.25) is 0 Å². The number of hydrogen-bond acceptors (Lipinski definition) is 4. The molecule has 0 aliphatic heterocycles. The number of fused-ring (bicyclic) bond motifs is 1. The van der Waals surface area contributed by atoms with Crippen molar-refractivity contribution in [3.8, 4) is 16.9 Å². The second kappa shape index (κ2) is 8.36. The molecule has 0 radical (unpaired) electrons. The van der Waals surface area contributed by atoms with Gasteiger partial charge in [-0.15, -0.1) is 0 Å². The topological polar surface area (TPSA) is 81.1 Å². The summed E-state index contributed by atoms with van der Waals surface area (Å²) in [7, 11) is -3.51. The van der Waals surface area contributed by atoms with E-state index in [1.807, 2.05) is 0 Å². The number of aromatic nitrogens is 2. The summed E-state index contributed by atoms with van der Waals surface area (Å²) in [6, 6.07) is 17.4. The number of nitrogens with zero attached hydrogens (tertiary/aromatic N) is 2. The zero-order valence-electron chi connectivity index (χ0n) is 17.3. The summed E-state index contributed by atoms with van der Waals surface area (Å²) in [4.78, 5) is 13.1. The van der Waals surface area contributed by atoms with Gasteiger partial charge in [0, 0.05) is 16.6 Å². The summed E-state index contributed by atoms with van der Waals surface area (Å²) in [5, 5.41) is 5.29. The first kappa shape index (κ1) is 22.5. The van der Waals surface area contributed by atoms with Gasteiger partial charge in [-0.2, -0.15) is 23.0 Å². The average molecular weight is 473 g/mol. The number of benzene rings is 3. The number of rotatable bonds is 5. The number of hydrogen-bond donors (Lipinski definition) is 1. The predicted octanol–water partition coefficient (Wildman–Crippen LogP) is 4.83. The molecule has 4 rings (SSSR count). The largest absolute Gasteiger partial charge is 0.416 e. The fraction of sp³-hybridized carbons (Fsp3) is 0.130. The Morgan fingerprint density at radius 1 is 0.939 bits per heavy atom. The van der Waals surface area contributed by atoms with Crippen molar-refractivity contribution in [1.29, 1.82) is 0 Å². The molecule has 0 saturated heterocycles. The van der Waals surface area contributed by atoms with Crippen LogP contribution < -0.4 is 10.3 Å². The van der Waals surface area contributed by atoms with Crippen molar-refractivity contribution < 1.29 is 21.6 Å². The highest BCUT2D eigenvalue weighted by molar-refractivity contribution is 7.92. The van der Waals surface area contributed by atoms with E-state index in [1.54, 1.807) is 48.5 Å². The molecular formula is C23H18F3N3O3S. The molecule has 0 saturated carbocycles. The van der Waals surface area contributed by atoms with Crippen LogP contribution in [0.4, 0.5) is 18.9 Å². The Morgan fingerprint density at radius 2 is 1.61 bits per heavy atom. The minimum absolute atomic E-state index is 0.1000. The maximum Gasteiger partial charge on any atom is 0.416 e. The van der Waals surface area contributed by atoms with Gasteiger partial charge in [0.1, 0.15) is 0 Å². The van der Waals surface area contributed by atoms with Gasteiger partial charge in [-0.3, -0.25) is 9.52 Å². The van der Waals surface area contributed by atoms with E-state index in [9.17, 15) is 26.4 Å². The molecule has 0 aliphatic rings. The van der Waals surface area contributed by atoms with Crippen LogP contribution in [0, 0.1) is 0 Å². The van der Waals surface area contributed by atoms with Crippen LogP contribution >= 0.6 is 0 Å². The Bertz CT molecular complexity index is 1500. The van der Waals surface area contributed by atoms with E-state index >= 15 is 0 Å². The number of anilines is 1. The predicted molar refractivity (Wildman–Crippen MR) is 121 cm³/mol. The van der Waals surface area contributed by atoms with E-state index in [2.05, 4.69) is 9.82 Å². The van der Waals surface area contributed by atoms with Crippen molar-refractivity contribution in [2.75, 3.05) is 10.5 Å². The number of alkyl halides is 3. The SMILES string of the molecule is CCS(=O)(=O)Nc1cccc(-c2nn(-c3ccc(C(F)(F)F)cc3)c(=O)c3ccccc23)c1. The Balaban J connectivity index is 1.90. The molecule has 10 heteroatoms. The standard InChI is InChI=1S/C23H18F3N3O3S/c1-2-33(31,32)28-17-7-5-6-15(14-17)21-19-8-3-4-9-20(19)22(30)29(27-21)18-12-10-16(11-13-18)23(24,25)26/h3-14,28H,2H2,1H3. The highest BCUT2D eigenvalue weighted by atomic mass is 32.2. The fourth-order valence-corrected chi connectivity index (χ4v) is 3.98. The molecule has 0 amide bonds. The molecule has 4 aromatic rings. The third kappa shape index (κ3) is 4.61. The zero-order valence-corrected chi connectivity index (χ0v) is 18.1. The first-order chi connectivity index (χ1) is 15.6. The summed E-state index contributed by atoms with van der Waals surface area (Å²) >= 11 is 0. The van der Waals surface area contributed by atoms with E-state index in [0.29, 0.717) is 27.7 Å². The van der Waals surface area contributed by atoms with E-state index in [-0.39, 0.29) is 11.4 Å². The third-order valence-corrected chi connectivity index (χ3v) is 6.34. The molecule has 1 N–H and O–H groups in total. The summed E-state index contributed by atoms with van der Waals surface area (Å²) in [5.41, 5.74) is 0.0781. The van der Waals surface area contributed by atoms with Gasteiger partial charge in [-0.1, -0.05) is 30.3 Å². The number of nitrogens with one attached hydrogen (secondary N) is 1. The van der Waals surface area contributed by atoms with Gasteiger partial charge in [0.05, 0.1) is 28.1 Å². The van der Waals surface area contributed by atoms with Crippen LogP contribution in [-0.2, 0) is 16.2 Å². The Kier molecular flexibility index (Phi) is 5.71. The first-order valence-electron chi connectivity index (χ1n) is 9.90. The number of sulfonamides is 1. The normalized spacial score (nSPS) is 12.1. The zero-order chi connectivity index (χ0) is 23.8. The molecule has 1 aromatic heterocycles. The summed E-state index contributed by atoms with van der Waals surface area (Å²) in [6.45, 7) is 1.52. The molecular weight excluding hydrogens is 455 g/mol. The van der Waals surface area contributed by atoms with Crippen LogP contribution in [0.5, 0.6) is 0 Å². The van der Waals surface area contributed by atoms with Crippen molar-refractivity contribution in [1.82, 2.24) is 9.78 Å². The maximum atomic E-state index is 13.1. The molecule has 33 heavy (non-hydrogen) atoms. The Hall–Kier alpha value is -3.66. The molecule has 0 bridgehead atoms. The van der Waals surface area contributed by atoms with E-state index < -0.39 is 27.3 Å². The van der Waals surface area contributed by atoms with Gasteiger partial charge >= 0.3 is 6.18 Å². The molecule has 3 aromatic carbocycles. The smallest absolute Gasteiger partial charge is 0.284 e. The van der Waals surface area contributed by atoms with Crippen LogP contribution in [0.3, 0.4) is 0 Å². The molecule has 1 heterocycles. The van der Waals surface area contributed by atoms with Crippen molar-refractivity contribution in [3.05, 3.63) is 88.7 Å². The lowest BCUT2D eigenvalue weighted by Crippen LogP contribution is -2.22. The number of halogens is 3. The van der Waals surface area contributed by atoms with Crippen molar-refractivity contribution in [2.24, 2.45) is 0 Å². The van der Waals surface area contributed by atoms with Gasteiger partial charge in [-0.25, -0.2) is 8.42 Å². The van der Waals surface area contributed by atoms with Crippen molar-refractivity contribution >= 4 is 26.5 Å². The lowest BCUT2D eigenvalue weighted by molar-refractivity contribution is -0.137. The van der Waals surface area contributed by atoms with E-state index in [4.69, 9.17) is 0 Å². The second-order valence-electron chi connectivity index (χ2n) is 7.24. The van der Waals surface area contributed by atoms with Gasteiger partial charge in [0.2, 0.25) is 10.0 Å². The second-order valence-corrected chi connectivity index (χ2v) is 9.25. The Morgan fingerprint density at radius 3 is 2.24 bits per heavy atom. The molecule has 0 aliphatic carbocycles. The van der Waals surface area contributed by atoms with Gasteiger partial charge in [0.25, 0.3) is 5.56 Å². The minimum atomic E-state index is -4.50. The molecule has 0 atom stereocenters. The van der Waals surface area contributed by atoms with Gasteiger partial charge in [0.15, 0.2) is 0 Å². The summed E-state index contributed by atoms with van der Waals surface area (Å²) < 4.78 is 66.3. The van der Waals surface area contributed by atoms with Crippen molar-refractivity contribution in [3.63, 3.8) is 0 Å².